The number of hydrogen-bond donors (Lipinski definition) is 1. The van der Waals surface area contributed by atoms with Crippen molar-refractivity contribution in [2.45, 2.75) is 26.7 Å². The third kappa shape index (κ3) is 8.01. The van der Waals surface area contributed by atoms with Gasteiger partial charge in [0.05, 0.1) is 0 Å². The van der Waals surface area contributed by atoms with Crippen molar-refractivity contribution >= 4 is 29.5 Å². The Labute approximate surface area is 78.0 Å². The van der Waals surface area contributed by atoms with Crippen LogP contribution < -0.4 is 0 Å². The molecule has 0 fully saturated rings. The van der Waals surface area contributed by atoms with Gasteiger partial charge in [-0.25, -0.2) is 0 Å². The van der Waals surface area contributed by atoms with E-state index >= 15 is 0 Å². The number of hydrogen-bond acceptors (Lipinski definition) is 3. The van der Waals surface area contributed by atoms with Crippen LogP contribution in [0.2, 0.25) is 0 Å². The highest BCUT2D eigenvalue weighted by Gasteiger charge is 1.96. The number of thioether (sulfide) groups is 1. The summed E-state index contributed by atoms with van der Waals surface area (Å²) in [4.78, 5) is 11.7. The molecule has 0 aliphatic heterocycles. The van der Waals surface area contributed by atoms with Gasteiger partial charge in [0, 0.05) is 11.8 Å². The van der Waals surface area contributed by atoms with E-state index in [2.05, 4.69) is 19.6 Å². The minimum Gasteiger partial charge on any atom is -0.282 e. The van der Waals surface area contributed by atoms with E-state index in [-0.39, 0.29) is 5.12 Å². The van der Waals surface area contributed by atoms with E-state index in [1.807, 2.05) is 0 Å². The first-order valence-electron chi connectivity index (χ1n) is 3.70. The Balaban J connectivity index is 3.46. The van der Waals surface area contributed by atoms with Gasteiger partial charge in [0.25, 0.3) is 0 Å². The van der Waals surface area contributed by atoms with Crippen molar-refractivity contribution in [1.29, 1.82) is 0 Å². The maximum absolute atomic E-state index is 11.0. The summed E-state index contributed by atoms with van der Waals surface area (Å²) >= 11 is 5.37. The maximum Gasteiger partial charge on any atom is 0.212 e. The van der Waals surface area contributed by atoms with E-state index in [4.69, 9.17) is 0 Å². The molecule has 0 aliphatic carbocycles. The maximum atomic E-state index is 11.0. The molecule has 0 unspecified atom stereocenters. The SMILES string of the molecule is CCCCSC(=O)/C=C(/C)S. The normalized spacial score (nSPS) is 11.7. The highest BCUT2D eigenvalue weighted by molar-refractivity contribution is 8.14. The van der Waals surface area contributed by atoms with Crippen LogP contribution in [0.5, 0.6) is 0 Å². The summed E-state index contributed by atoms with van der Waals surface area (Å²) in [6, 6.07) is 0. The number of allylic oxidation sites excluding steroid dienone is 1. The lowest BCUT2D eigenvalue weighted by molar-refractivity contribution is -0.107. The van der Waals surface area contributed by atoms with Gasteiger partial charge in [0.1, 0.15) is 0 Å². The molecule has 0 spiro atoms. The molecule has 0 aromatic rings. The van der Waals surface area contributed by atoms with Crippen molar-refractivity contribution in [3.8, 4) is 0 Å². The molecule has 3 heteroatoms. The summed E-state index contributed by atoms with van der Waals surface area (Å²) in [6.07, 6.45) is 3.81. The predicted molar refractivity (Wildman–Crippen MR) is 55.1 cm³/mol. The summed E-state index contributed by atoms with van der Waals surface area (Å²) in [5, 5.41) is 0.117. The fourth-order valence-corrected chi connectivity index (χ4v) is 1.63. The van der Waals surface area contributed by atoms with Crippen LogP contribution in [-0.2, 0) is 4.79 Å². The zero-order valence-corrected chi connectivity index (χ0v) is 8.67. The predicted octanol–water partition coefficient (Wildman–Crippen LogP) is 2.88. The summed E-state index contributed by atoms with van der Waals surface area (Å²) in [7, 11) is 0. The Bertz CT molecular complexity index is 148. The van der Waals surface area contributed by atoms with Crippen LogP contribution in [0.25, 0.3) is 0 Å². The van der Waals surface area contributed by atoms with Crippen LogP contribution in [-0.4, -0.2) is 10.9 Å². The molecule has 0 radical (unpaired) electrons. The summed E-state index contributed by atoms with van der Waals surface area (Å²) in [6.45, 7) is 3.92. The molecule has 0 aromatic heterocycles. The first-order valence-corrected chi connectivity index (χ1v) is 5.14. The topological polar surface area (TPSA) is 17.1 Å². The number of thiol groups is 1. The Morgan fingerprint density at radius 3 is 2.73 bits per heavy atom. The van der Waals surface area contributed by atoms with Gasteiger partial charge in [-0.05, 0) is 18.2 Å². The van der Waals surface area contributed by atoms with E-state index in [0.717, 1.165) is 23.5 Å². The highest BCUT2D eigenvalue weighted by atomic mass is 32.2. The molecular weight excluding hydrogens is 176 g/mol. The molecular formula is C8H14OS2. The third-order valence-corrected chi connectivity index (χ3v) is 2.09. The van der Waals surface area contributed by atoms with E-state index in [0.29, 0.717) is 0 Å². The zero-order valence-electron chi connectivity index (χ0n) is 6.96. The van der Waals surface area contributed by atoms with Crippen molar-refractivity contribution in [3.05, 3.63) is 11.0 Å². The Morgan fingerprint density at radius 2 is 2.27 bits per heavy atom. The monoisotopic (exact) mass is 190 g/mol. The largest absolute Gasteiger partial charge is 0.282 e. The number of unbranched alkanes of at least 4 members (excludes halogenated alkanes) is 1. The Morgan fingerprint density at radius 1 is 1.64 bits per heavy atom. The first-order chi connectivity index (χ1) is 5.16. The highest BCUT2D eigenvalue weighted by Crippen LogP contribution is 2.09. The first kappa shape index (κ1) is 11.1. The molecule has 0 saturated carbocycles. The lowest BCUT2D eigenvalue weighted by Crippen LogP contribution is -1.88. The average molecular weight is 190 g/mol. The molecule has 0 amide bonds. The van der Waals surface area contributed by atoms with Gasteiger partial charge < -0.3 is 0 Å². The fraction of sp³-hybridized carbons (Fsp3) is 0.625. The minimum atomic E-state index is 0.117. The van der Waals surface area contributed by atoms with Crippen molar-refractivity contribution in [2.75, 3.05) is 5.75 Å². The Kier molecular flexibility index (Phi) is 6.87. The second kappa shape index (κ2) is 6.80. The van der Waals surface area contributed by atoms with Crippen LogP contribution in [0.4, 0.5) is 0 Å². The molecule has 0 heterocycles. The van der Waals surface area contributed by atoms with Crippen molar-refractivity contribution in [2.24, 2.45) is 0 Å². The molecule has 0 saturated heterocycles. The average Bonchev–Trinajstić information content (AvgIpc) is 1.86. The third-order valence-electron chi connectivity index (χ3n) is 1.07. The zero-order chi connectivity index (χ0) is 8.69. The summed E-state index contributed by atoms with van der Waals surface area (Å²) in [5.41, 5.74) is 0. The lowest BCUT2D eigenvalue weighted by Gasteiger charge is -1.93. The van der Waals surface area contributed by atoms with Crippen molar-refractivity contribution < 1.29 is 4.79 Å². The second-order valence-electron chi connectivity index (χ2n) is 2.31. The minimum absolute atomic E-state index is 0.117. The van der Waals surface area contributed by atoms with E-state index < -0.39 is 0 Å². The molecule has 0 N–H and O–H groups in total. The molecule has 64 valence electrons. The molecule has 0 bridgehead atoms. The van der Waals surface area contributed by atoms with Gasteiger partial charge >= 0.3 is 0 Å². The summed E-state index contributed by atoms with van der Waals surface area (Å²) in [5.74, 6) is 0.924. The smallest absolute Gasteiger partial charge is 0.212 e. The molecule has 11 heavy (non-hydrogen) atoms. The van der Waals surface area contributed by atoms with E-state index in [1.54, 1.807) is 13.0 Å². The van der Waals surface area contributed by atoms with Crippen LogP contribution in [0.15, 0.2) is 11.0 Å². The second-order valence-corrected chi connectivity index (χ2v) is 4.11. The number of carbonyl (C=O) groups is 1. The quantitative estimate of drug-likeness (QED) is 0.417. The fourth-order valence-electron chi connectivity index (χ4n) is 0.529. The molecule has 0 aliphatic rings. The lowest BCUT2D eigenvalue weighted by atomic mass is 10.4. The van der Waals surface area contributed by atoms with Crippen LogP contribution >= 0.6 is 24.4 Å². The van der Waals surface area contributed by atoms with Crippen molar-refractivity contribution in [3.63, 3.8) is 0 Å². The molecule has 1 nitrogen and oxygen atoms in total. The van der Waals surface area contributed by atoms with E-state index in [1.165, 1.54) is 11.8 Å². The van der Waals surface area contributed by atoms with Crippen molar-refractivity contribution in [1.82, 2.24) is 0 Å². The van der Waals surface area contributed by atoms with Gasteiger partial charge in [0.2, 0.25) is 5.12 Å². The Hall–Kier alpha value is 0.110. The van der Waals surface area contributed by atoms with Crippen LogP contribution in [0.1, 0.15) is 26.7 Å². The number of rotatable bonds is 4. The molecule has 0 aromatic carbocycles. The standard InChI is InChI=1S/C8H14OS2/c1-3-4-5-11-8(9)6-7(2)10/h6,10H,3-5H2,1-2H3/b7-6-. The van der Waals surface area contributed by atoms with E-state index in [9.17, 15) is 4.79 Å². The van der Waals surface area contributed by atoms with Gasteiger partial charge in [-0.3, -0.25) is 4.79 Å². The van der Waals surface area contributed by atoms with Gasteiger partial charge in [0.15, 0.2) is 0 Å². The summed E-state index contributed by atoms with van der Waals surface area (Å²) < 4.78 is 0. The van der Waals surface area contributed by atoms with Gasteiger partial charge in [-0.1, -0.05) is 25.1 Å². The van der Waals surface area contributed by atoms with Gasteiger partial charge in [-0.15, -0.1) is 12.6 Å². The molecule has 0 rings (SSSR count). The molecule has 0 atom stereocenters. The van der Waals surface area contributed by atoms with Crippen LogP contribution in [0.3, 0.4) is 0 Å². The number of carbonyl (C=O) groups excluding carboxylic acids is 1. The van der Waals surface area contributed by atoms with Crippen LogP contribution in [0, 0.1) is 0 Å². The van der Waals surface area contributed by atoms with Gasteiger partial charge in [-0.2, -0.15) is 0 Å².